The summed E-state index contributed by atoms with van der Waals surface area (Å²) in [5, 5.41) is 2.84. The molecule has 1 unspecified atom stereocenters. The Morgan fingerprint density at radius 1 is 0.842 bits per heavy atom. The molecule has 0 aromatic rings. The standard InChI is InChI=1S/C25H56N4O7Si2/c1-11-32-37(9,10)19-16-18-31-22-23(21-27-24(28(5)6)29(7)8)36-25(30)26-17-15-20-38(33-12-2,34-13-3)35-14-4/h23H,11-22H2,1-10H3,(H,26,30). The first-order valence-electron chi connectivity index (χ1n) is 13.9. The second-order valence-electron chi connectivity index (χ2n) is 9.84. The molecule has 0 radical (unpaired) electrons. The molecule has 1 atom stereocenters. The predicted molar refractivity (Wildman–Crippen MR) is 157 cm³/mol. The maximum Gasteiger partial charge on any atom is 0.500 e. The van der Waals surface area contributed by atoms with E-state index in [2.05, 4.69) is 23.4 Å². The average Bonchev–Trinajstić information content (AvgIpc) is 2.81. The van der Waals surface area contributed by atoms with Gasteiger partial charge in [-0.25, -0.2) is 9.79 Å². The average molecular weight is 581 g/mol. The zero-order chi connectivity index (χ0) is 29.0. The van der Waals surface area contributed by atoms with Crippen molar-refractivity contribution in [2.75, 3.05) is 80.9 Å². The first kappa shape index (κ1) is 36.8. The number of amides is 1. The minimum atomic E-state index is -2.74. The fourth-order valence-corrected chi connectivity index (χ4v) is 8.49. The molecule has 1 N–H and O–H groups in total. The topological polar surface area (TPSA) is 103 Å². The highest BCUT2D eigenvalue weighted by atomic mass is 28.4. The highest BCUT2D eigenvalue weighted by molar-refractivity contribution is 6.71. The summed E-state index contributed by atoms with van der Waals surface area (Å²) in [6.07, 6.45) is 0.566. The molecular weight excluding hydrogens is 524 g/mol. The van der Waals surface area contributed by atoms with E-state index in [0.717, 1.165) is 25.0 Å². The molecule has 0 fully saturated rings. The first-order valence-corrected chi connectivity index (χ1v) is 19.0. The summed E-state index contributed by atoms with van der Waals surface area (Å²) < 4.78 is 35.1. The molecule has 1 amide bonds. The maximum atomic E-state index is 12.6. The molecule has 0 bridgehead atoms. The highest BCUT2D eigenvalue weighted by Crippen LogP contribution is 2.18. The van der Waals surface area contributed by atoms with Crippen molar-refractivity contribution in [3.05, 3.63) is 0 Å². The van der Waals surface area contributed by atoms with E-state index in [1.165, 1.54) is 0 Å². The molecule has 0 aliphatic heterocycles. The Hall–Kier alpha value is -1.23. The fourth-order valence-electron chi connectivity index (χ4n) is 3.96. The third-order valence-corrected chi connectivity index (χ3v) is 11.2. The van der Waals surface area contributed by atoms with E-state index in [-0.39, 0.29) is 6.61 Å². The number of nitrogens with one attached hydrogen (secondary N) is 1. The highest BCUT2D eigenvalue weighted by Gasteiger charge is 2.39. The summed E-state index contributed by atoms with van der Waals surface area (Å²) in [7, 11) is 3.34. The number of guanidine groups is 1. The Kier molecular flexibility index (Phi) is 20.0. The Labute approximate surface area is 234 Å². The molecule has 226 valence electrons. The zero-order valence-corrected chi connectivity index (χ0v) is 27.8. The van der Waals surface area contributed by atoms with Crippen LogP contribution in [0, 0.1) is 0 Å². The van der Waals surface area contributed by atoms with Crippen molar-refractivity contribution < 1.29 is 32.0 Å². The lowest BCUT2D eigenvalue weighted by Crippen LogP contribution is -2.46. The number of nitrogens with zero attached hydrogens (tertiary/aromatic N) is 3. The third kappa shape index (κ3) is 16.7. The van der Waals surface area contributed by atoms with Crippen LogP contribution in [-0.2, 0) is 27.2 Å². The SMILES string of the molecule is CCO[Si](C)(C)CCCOCC(CN=C(N(C)C)N(C)C)OC(=O)NCCC[Si](OCC)(OCC)OCC. The number of aliphatic imine (C=N–C) groups is 1. The van der Waals surface area contributed by atoms with E-state index in [1.54, 1.807) is 0 Å². The van der Waals surface area contributed by atoms with Gasteiger partial charge in [0.15, 0.2) is 14.3 Å². The number of ether oxygens (including phenoxy) is 2. The van der Waals surface area contributed by atoms with E-state index >= 15 is 0 Å². The van der Waals surface area contributed by atoms with Crippen molar-refractivity contribution in [3.63, 3.8) is 0 Å². The van der Waals surface area contributed by atoms with Gasteiger partial charge in [0.05, 0.1) is 13.2 Å². The summed E-state index contributed by atoms with van der Waals surface area (Å²) in [6.45, 7) is 16.2. The lowest BCUT2D eigenvalue weighted by Gasteiger charge is -2.28. The van der Waals surface area contributed by atoms with Crippen LogP contribution in [0.3, 0.4) is 0 Å². The van der Waals surface area contributed by atoms with Crippen LogP contribution in [0.25, 0.3) is 0 Å². The monoisotopic (exact) mass is 580 g/mol. The van der Waals surface area contributed by atoms with Gasteiger partial charge >= 0.3 is 14.9 Å². The van der Waals surface area contributed by atoms with Gasteiger partial charge in [-0.15, -0.1) is 0 Å². The third-order valence-electron chi connectivity index (χ3n) is 5.44. The Morgan fingerprint density at radius 2 is 1.39 bits per heavy atom. The summed E-state index contributed by atoms with van der Waals surface area (Å²) in [5.41, 5.74) is 0. The predicted octanol–water partition coefficient (Wildman–Crippen LogP) is 3.65. The summed E-state index contributed by atoms with van der Waals surface area (Å²) in [6, 6.07) is 1.64. The van der Waals surface area contributed by atoms with Crippen LogP contribution in [0.4, 0.5) is 4.79 Å². The Balaban J connectivity index is 4.95. The van der Waals surface area contributed by atoms with Crippen molar-refractivity contribution in [3.8, 4) is 0 Å². The van der Waals surface area contributed by atoms with Crippen LogP contribution in [0.1, 0.15) is 40.5 Å². The minimum absolute atomic E-state index is 0.275. The van der Waals surface area contributed by atoms with E-state index in [0.29, 0.717) is 52.0 Å². The number of alkyl carbamates (subject to hydrolysis) is 1. The number of carbonyl (C=O) groups excluding carboxylic acids is 1. The van der Waals surface area contributed by atoms with Crippen LogP contribution in [0.15, 0.2) is 4.99 Å². The van der Waals surface area contributed by atoms with Gasteiger partial charge in [-0.05, 0) is 59.7 Å². The van der Waals surface area contributed by atoms with Crippen molar-refractivity contribution in [2.24, 2.45) is 4.99 Å². The van der Waals surface area contributed by atoms with Gasteiger partial charge in [-0.1, -0.05) is 0 Å². The first-order chi connectivity index (χ1) is 18.0. The van der Waals surface area contributed by atoms with Crippen LogP contribution in [-0.4, -0.2) is 126 Å². The van der Waals surface area contributed by atoms with E-state index in [4.69, 9.17) is 27.2 Å². The molecule has 0 rings (SSSR count). The number of carbonyl (C=O) groups is 1. The van der Waals surface area contributed by atoms with Crippen LogP contribution >= 0.6 is 0 Å². The molecule has 0 saturated heterocycles. The molecule has 0 aromatic heterocycles. The lowest BCUT2D eigenvalue weighted by atomic mass is 10.4. The second-order valence-corrected chi connectivity index (χ2v) is 16.9. The van der Waals surface area contributed by atoms with Gasteiger partial charge in [-0.2, -0.15) is 0 Å². The Bertz CT molecular complexity index is 628. The summed E-state index contributed by atoms with van der Waals surface area (Å²) in [4.78, 5) is 21.1. The molecule has 38 heavy (non-hydrogen) atoms. The molecule has 0 heterocycles. The largest absolute Gasteiger partial charge is 0.500 e. The number of hydrogen-bond donors (Lipinski definition) is 1. The molecule has 0 saturated carbocycles. The summed E-state index contributed by atoms with van der Waals surface area (Å²) in [5.74, 6) is 0.785. The van der Waals surface area contributed by atoms with Crippen LogP contribution in [0.2, 0.25) is 25.2 Å². The maximum absolute atomic E-state index is 12.6. The van der Waals surface area contributed by atoms with Crippen molar-refractivity contribution in [1.82, 2.24) is 15.1 Å². The fraction of sp³-hybridized carbons (Fsp3) is 0.920. The molecular formula is C25H56N4O7Si2. The van der Waals surface area contributed by atoms with E-state index in [9.17, 15) is 4.79 Å². The van der Waals surface area contributed by atoms with Crippen LogP contribution in [0.5, 0.6) is 0 Å². The Morgan fingerprint density at radius 3 is 1.89 bits per heavy atom. The number of rotatable bonds is 21. The van der Waals surface area contributed by atoms with Crippen molar-refractivity contribution >= 4 is 29.2 Å². The van der Waals surface area contributed by atoms with Gasteiger partial charge < -0.3 is 42.3 Å². The van der Waals surface area contributed by atoms with E-state index in [1.807, 2.05) is 65.7 Å². The van der Waals surface area contributed by atoms with Crippen LogP contribution < -0.4 is 5.32 Å². The molecule has 0 aromatic carbocycles. The van der Waals surface area contributed by atoms with Gasteiger partial charge in [0.25, 0.3) is 0 Å². The van der Waals surface area contributed by atoms with Gasteiger partial charge in [0.2, 0.25) is 0 Å². The quantitative estimate of drug-likeness (QED) is 0.0943. The van der Waals surface area contributed by atoms with Gasteiger partial charge in [-0.3, -0.25) is 0 Å². The summed E-state index contributed by atoms with van der Waals surface area (Å²) >= 11 is 0. The molecule has 13 heteroatoms. The molecule has 0 spiro atoms. The lowest BCUT2D eigenvalue weighted by molar-refractivity contribution is 0.0240. The minimum Gasteiger partial charge on any atom is -0.442 e. The van der Waals surface area contributed by atoms with Gasteiger partial charge in [0.1, 0.15) is 6.10 Å². The smallest absolute Gasteiger partial charge is 0.442 e. The van der Waals surface area contributed by atoms with Crippen molar-refractivity contribution in [2.45, 2.75) is 71.8 Å². The molecule has 0 aliphatic carbocycles. The second kappa shape index (κ2) is 20.6. The van der Waals surface area contributed by atoms with E-state index < -0.39 is 29.3 Å². The number of hydrogen-bond acceptors (Lipinski definition) is 8. The normalized spacial score (nSPS) is 12.7. The van der Waals surface area contributed by atoms with Crippen molar-refractivity contribution in [1.29, 1.82) is 0 Å². The van der Waals surface area contributed by atoms with Gasteiger partial charge in [0, 0.05) is 73.8 Å². The molecule has 11 nitrogen and oxygen atoms in total. The zero-order valence-electron chi connectivity index (χ0n) is 25.8. The molecule has 0 aliphatic rings.